The normalized spacial score (nSPS) is 15.2. The van der Waals surface area contributed by atoms with Gasteiger partial charge in [-0.05, 0) is 43.4 Å². The fourth-order valence-corrected chi connectivity index (χ4v) is 2.26. The average molecular weight is 318 g/mol. The van der Waals surface area contributed by atoms with Gasteiger partial charge in [-0.3, -0.25) is 4.79 Å². The van der Waals surface area contributed by atoms with E-state index in [0.29, 0.717) is 23.8 Å². The van der Waals surface area contributed by atoms with Crippen LogP contribution < -0.4 is 10.1 Å². The number of hydrogen-bond acceptors (Lipinski definition) is 4. The van der Waals surface area contributed by atoms with E-state index in [0.717, 1.165) is 12.8 Å². The molecule has 5 nitrogen and oxygen atoms in total. The minimum absolute atomic E-state index is 0.131. The molecule has 122 valence electrons. The molecule has 1 aliphatic carbocycles. The predicted molar refractivity (Wildman–Crippen MR) is 81.4 cm³/mol. The van der Waals surface area contributed by atoms with Crippen molar-refractivity contribution in [3.05, 3.63) is 47.6 Å². The van der Waals surface area contributed by atoms with Gasteiger partial charge >= 0.3 is 0 Å². The number of amides is 1. The molecule has 0 unspecified atom stereocenters. The van der Waals surface area contributed by atoms with Gasteiger partial charge in [-0.1, -0.05) is 11.2 Å². The summed E-state index contributed by atoms with van der Waals surface area (Å²) >= 11 is 0. The van der Waals surface area contributed by atoms with Crippen LogP contribution in [0.1, 0.15) is 37.1 Å². The molecule has 3 rings (SSSR count). The molecule has 23 heavy (non-hydrogen) atoms. The topological polar surface area (TPSA) is 64.4 Å². The second kappa shape index (κ2) is 6.81. The molecule has 1 aromatic heterocycles. The van der Waals surface area contributed by atoms with Crippen molar-refractivity contribution in [1.29, 1.82) is 0 Å². The van der Waals surface area contributed by atoms with E-state index in [1.807, 2.05) is 0 Å². The smallest absolute Gasteiger partial charge is 0.226 e. The van der Waals surface area contributed by atoms with Crippen LogP contribution in [-0.2, 0) is 11.2 Å². The van der Waals surface area contributed by atoms with Crippen molar-refractivity contribution < 1.29 is 18.4 Å². The molecule has 1 N–H and O–H groups in total. The van der Waals surface area contributed by atoms with Crippen LogP contribution in [0.4, 0.5) is 4.39 Å². The monoisotopic (exact) mass is 318 g/mol. The summed E-state index contributed by atoms with van der Waals surface area (Å²) in [7, 11) is 0. The van der Waals surface area contributed by atoms with Crippen molar-refractivity contribution >= 4 is 5.91 Å². The molecule has 1 amide bonds. The minimum Gasteiger partial charge on any atom is -0.490 e. The third-order valence-electron chi connectivity index (χ3n) is 3.84. The predicted octanol–water partition coefficient (Wildman–Crippen LogP) is 3.02. The highest BCUT2D eigenvalue weighted by atomic mass is 19.1. The molecule has 0 saturated heterocycles. The number of nitrogens with zero attached hydrogens (tertiary/aromatic N) is 1. The van der Waals surface area contributed by atoms with E-state index in [2.05, 4.69) is 15.0 Å². The Balaban J connectivity index is 1.56. The Morgan fingerprint density at radius 3 is 2.96 bits per heavy atom. The van der Waals surface area contributed by atoms with Crippen LogP contribution in [0, 0.1) is 11.7 Å². The number of halogens is 1. The molecule has 0 bridgehead atoms. The van der Waals surface area contributed by atoms with Gasteiger partial charge in [-0.2, -0.15) is 0 Å². The molecular formula is C17H19FN2O3. The lowest BCUT2D eigenvalue weighted by Crippen LogP contribution is -2.28. The summed E-state index contributed by atoms with van der Waals surface area (Å²) in [4.78, 5) is 11.9. The second-order valence-electron chi connectivity index (χ2n) is 5.90. The van der Waals surface area contributed by atoms with Gasteiger partial charge in [0.05, 0.1) is 24.8 Å². The fourth-order valence-electron chi connectivity index (χ4n) is 2.26. The van der Waals surface area contributed by atoms with Gasteiger partial charge in [0.15, 0.2) is 11.6 Å². The first-order valence-electron chi connectivity index (χ1n) is 7.72. The summed E-state index contributed by atoms with van der Waals surface area (Å²) < 4.78 is 24.2. The highest BCUT2D eigenvalue weighted by molar-refractivity contribution is 5.78. The van der Waals surface area contributed by atoms with Crippen LogP contribution in [0.2, 0.25) is 0 Å². The highest BCUT2D eigenvalue weighted by Gasteiger charge is 2.22. The minimum atomic E-state index is -0.402. The number of hydrogen-bond donors (Lipinski definition) is 1. The zero-order valence-electron chi connectivity index (χ0n) is 12.9. The maximum Gasteiger partial charge on any atom is 0.226 e. The van der Waals surface area contributed by atoms with E-state index in [1.54, 1.807) is 25.1 Å². The number of aromatic nitrogens is 1. The van der Waals surface area contributed by atoms with Crippen LogP contribution in [0.15, 0.2) is 35.1 Å². The van der Waals surface area contributed by atoms with E-state index < -0.39 is 5.82 Å². The van der Waals surface area contributed by atoms with E-state index in [4.69, 9.17) is 4.74 Å². The molecule has 0 radical (unpaired) electrons. The zero-order valence-corrected chi connectivity index (χ0v) is 12.9. The molecule has 1 atom stereocenters. The van der Waals surface area contributed by atoms with Gasteiger partial charge in [-0.15, -0.1) is 0 Å². The number of carbonyl (C=O) groups is 1. The summed E-state index contributed by atoms with van der Waals surface area (Å²) in [5.74, 6) is 0.243. The van der Waals surface area contributed by atoms with Crippen molar-refractivity contribution in [2.24, 2.45) is 5.92 Å². The quantitative estimate of drug-likeness (QED) is 0.852. The molecule has 1 fully saturated rings. The standard InChI is InChI=1S/C17H19FN2O3/c1-11(19-17(21)9-14-6-7-23-20-14)13-4-5-16(15(18)8-13)22-10-12-2-3-12/h4-8,11-12H,2-3,9-10H2,1H3,(H,19,21)/t11-/m0/s1. The van der Waals surface area contributed by atoms with E-state index in [9.17, 15) is 9.18 Å². The number of carbonyl (C=O) groups excluding carboxylic acids is 1. The molecular weight excluding hydrogens is 299 g/mol. The van der Waals surface area contributed by atoms with E-state index >= 15 is 0 Å². The lowest BCUT2D eigenvalue weighted by atomic mass is 10.1. The molecule has 0 aliphatic heterocycles. The van der Waals surface area contributed by atoms with Crippen molar-refractivity contribution in [3.8, 4) is 5.75 Å². The van der Waals surface area contributed by atoms with Gasteiger partial charge in [0.1, 0.15) is 6.26 Å². The molecule has 2 aromatic rings. The number of rotatable bonds is 7. The van der Waals surface area contributed by atoms with Gasteiger partial charge in [0.2, 0.25) is 5.91 Å². The first kappa shape index (κ1) is 15.5. The van der Waals surface area contributed by atoms with Gasteiger partial charge in [-0.25, -0.2) is 4.39 Å². The summed E-state index contributed by atoms with van der Waals surface area (Å²) in [5, 5.41) is 6.50. The first-order chi connectivity index (χ1) is 11.1. The van der Waals surface area contributed by atoms with Crippen molar-refractivity contribution in [2.45, 2.75) is 32.2 Å². The summed E-state index contributed by atoms with van der Waals surface area (Å²) in [6.07, 6.45) is 3.87. The Morgan fingerprint density at radius 2 is 2.30 bits per heavy atom. The maximum atomic E-state index is 14.1. The molecule has 6 heteroatoms. The number of nitrogens with one attached hydrogen (secondary N) is 1. The number of benzene rings is 1. The second-order valence-corrected chi connectivity index (χ2v) is 5.90. The Kier molecular flexibility index (Phi) is 4.60. The first-order valence-corrected chi connectivity index (χ1v) is 7.72. The van der Waals surface area contributed by atoms with E-state index in [-0.39, 0.29) is 24.1 Å². The summed E-state index contributed by atoms with van der Waals surface area (Å²) in [6, 6.07) is 6.13. The Bertz CT molecular complexity index is 668. The molecule has 0 spiro atoms. The SMILES string of the molecule is C[C@H](NC(=O)Cc1ccon1)c1ccc(OCC2CC2)c(F)c1. The fraction of sp³-hybridized carbons (Fsp3) is 0.412. The van der Waals surface area contributed by atoms with Crippen LogP contribution in [0.25, 0.3) is 0 Å². The lowest BCUT2D eigenvalue weighted by Gasteiger charge is -2.15. The molecule has 1 aromatic carbocycles. The largest absolute Gasteiger partial charge is 0.490 e. The maximum absolute atomic E-state index is 14.1. The van der Waals surface area contributed by atoms with Crippen molar-refractivity contribution in [2.75, 3.05) is 6.61 Å². The van der Waals surface area contributed by atoms with Gasteiger partial charge < -0.3 is 14.6 Å². The van der Waals surface area contributed by atoms with Crippen molar-refractivity contribution in [3.63, 3.8) is 0 Å². The molecule has 1 heterocycles. The lowest BCUT2D eigenvalue weighted by molar-refractivity contribution is -0.121. The molecule has 1 aliphatic rings. The van der Waals surface area contributed by atoms with Crippen LogP contribution in [0.3, 0.4) is 0 Å². The average Bonchev–Trinajstić information content (AvgIpc) is 3.21. The van der Waals surface area contributed by atoms with Crippen molar-refractivity contribution in [1.82, 2.24) is 10.5 Å². The summed E-state index contributed by atoms with van der Waals surface area (Å²) in [6.45, 7) is 2.38. The van der Waals surface area contributed by atoms with Crippen LogP contribution in [-0.4, -0.2) is 17.7 Å². The summed E-state index contributed by atoms with van der Waals surface area (Å²) in [5.41, 5.74) is 1.25. The highest BCUT2D eigenvalue weighted by Crippen LogP contribution is 2.30. The Hall–Kier alpha value is -2.37. The van der Waals surface area contributed by atoms with Crippen LogP contribution >= 0.6 is 0 Å². The zero-order chi connectivity index (χ0) is 16.2. The third-order valence-corrected chi connectivity index (χ3v) is 3.84. The van der Waals surface area contributed by atoms with Crippen LogP contribution in [0.5, 0.6) is 5.75 Å². The van der Waals surface area contributed by atoms with Gasteiger partial charge in [0, 0.05) is 6.07 Å². The Morgan fingerprint density at radius 1 is 1.48 bits per heavy atom. The third kappa shape index (κ3) is 4.31. The molecule has 1 saturated carbocycles. The Labute approximate surface area is 133 Å². The van der Waals surface area contributed by atoms with Gasteiger partial charge in [0.25, 0.3) is 0 Å². The number of ether oxygens (including phenoxy) is 1. The van der Waals surface area contributed by atoms with E-state index in [1.165, 1.54) is 12.3 Å².